The van der Waals surface area contributed by atoms with E-state index in [2.05, 4.69) is 10.3 Å². The standard InChI is InChI=1S/C20H22ClFN2O2/c1-20(2,12-26-11-15-9-16(22)6-7-17(15)21)24-19(25)14-8-13-4-3-5-18(13)23-10-14/h6-10H,3-5,11-12H2,1-2H3,(H,24,25). The van der Waals surface area contributed by atoms with E-state index in [-0.39, 0.29) is 24.9 Å². The van der Waals surface area contributed by atoms with E-state index in [1.54, 1.807) is 6.20 Å². The van der Waals surface area contributed by atoms with E-state index in [0.717, 1.165) is 30.5 Å². The van der Waals surface area contributed by atoms with Crippen LogP contribution in [0, 0.1) is 5.82 Å². The minimum Gasteiger partial charge on any atom is -0.374 e. The van der Waals surface area contributed by atoms with Gasteiger partial charge in [-0.05, 0) is 68.5 Å². The van der Waals surface area contributed by atoms with Crippen LogP contribution in [0.3, 0.4) is 0 Å². The second kappa shape index (κ2) is 7.72. The first-order valence-corrected chi connectivity index (χ1v) is 9.04. The zero-order valence-electron chi connectivity index (χ0n) is 14.9. The molecule has 0 saturated carbocycles. The van der Waals surface area contributed by atoms with Gasteiger partial charge in [0.2, 0.25) is 0 Å². The van der Waals surface area contributed by atoms with E-state index in [1.165, 1.54) is 18.2 Å². The molecule has 1 heterocycles. The van der Waals surface area contributed by atoms with Gasteiger partial charge in [0.25, 0.3) is 5.91 Å². The summed E-state index contributed by atoms with van der Waals surface area (Å²) in [5.41, 5.74) is 2.81. The van der Waals surface area contributed by atoms with E-state index in [1.807, 2.05) is 19.9 Å². The fraction of sp³-hybridized carbons (Fsp3) is 0.400. The Bertz CT molecular complexity index is 823. The minimum absolute atomic E-state index is 0.176. The monoisotopic (exact) mass is 376 g/mol. The number of rotatable bonds is 6. The SMILES string of the molecule is CC(C)(COCc1cc(F)ccc1Cl)NC(=O)c1cnc2c(c1)CCC2. The summed E-state index contributed by atoms with van der Waals surface area (Å²) in [7, 11) is 0. The van der Waals surface area contributed by atoms with Crippen molar-refractivity contribution in [1.82, 2.24) is 10.3 Å². The van der Waals surface area contributed by atoms with Crippen molar-refractivity contribution in [3.63, 3.8) is 0 Å². The first-order chi connectivity index (χ1) is 12.3. The summed E-state index contributed by atoms with van der Waals surface area (Å²) in [6, 6.07) is 6.09. The summed E-state index contributed by atoms with van der Waals surface area (Å²) < 4.78 is 18.9. The predicted octanol–water partition coefficient (Wildman–Crippen LogP) is 4.09. The average molecular weight is 377 g/mol. The number of fused-ring (bicyclic) bond motifs is 1. The second-order valence-corrected chi connectivity index (χ2v) is 7.66. The summed E-state index contributed by atoms with van der Waals surface area (Å²) >= 11 is 6.03. The maximum atomic E-state index is 13.3. The smallest absolute Gasteiger partial charge is 0.253 e. The summed E-state index contributed by atoms with van der Waals surface area (Å²) in [4.78, 5) is 16.9. The molecule has 0 fully saturated rings. The molecule has 138 valence electrons. The third-order valence-corrected chi connectivity index (χ3v) is 4.73. The van der Waals surface area contributed by atoms with E-state index >= 15 is 0 Å². The highest BCUT2D eigenvalue weighted by molar-refractivity contribution is 6.31. The molecule has 0 bridgehead atoms. The number of aryl methyl sites for hydroxylation is 2. The van der Waals surface area contributed by atoms with Crippen molar-refractivity contribution >= 4 is 17.5 Å². The first kappa shape index (κ1) is 18.8. The van der Waals surface area contributed by atoms with Crippen LogP contribution in [-0.2, 0) is 24.2 Å². The molecule has 4 nitrogen and oxygen atoms in total. The summed E-state index contributed by atoms with van der Waals surface area (Å²) in [6.45, 7) is 4.19. The minimum atomic E-state index is -0.587. The number of hydrogen-bond donors (Lipinski definition) is 1. The van der Waals surface area contributed by atoms with Gasteiger partial charge in [0.05, 0.1) is 24.3 Å². The van der Waals surface area contributed by atoms with E-state index < -0.39 is 5.54 Å². The van der Waals surface area contributed by atoms with Crippen LogP contribution in [0.15, 0.2) is 30.5 Å². The molecule has 1 aromatic carbocycles. The number of nitrogens with one attached hydrogen (secondary N) is 1. The molecule has 6 heteroatoms. The van der Waals surface area contributed by atoms with Gasteiger partial charge >= 0.3 is 0 Å². The Hall–Kier alpha value is -1.98. The van der Waals surface area contributed by atoms with E-state index in [4.69, 9.17) is 16.3 Å². The van der Waals surface area contributed by atoms with Gasteiger partial charge in [-0.25, -0.2) is 4.39 Å². The molecule has 0 spiro atoms. The molecule has 0 aliphatic heterocycles. The Balaban J connectivity index is 1.56. The van der Waals surface area contributed by atoms with Crippen LogP contribution in [0.2, 0.25) is 5.02 Å². The number of nitrogens with zero attached hydrogens (tertiary/aromatic N) is 1. The summed E-state index contributed by atoms with van der Waals surface area (Å²) in [6.07, 6.45) is 4.68. The highest BCUT2D eigenvalue weighted by atomic mass is 35.5. The van der Waals surface area contributed by atoms with Gasteiger partial charge in [-0.3, -0.25) is 9.78 Å². The molecule has 1 N–H and O–H groups in total. The van der Waals surface area contributed by atoms with Crippen molar-refractivity contribution in [3.8, 4) is 0 Å². The first-order valence-electron chi connectivity index (χ1n) is 8.66. The van der Waals surface area contributed by atoms with Crippen molar-refractivity contribution in [1.29, 1.82) is 0 Å². The number of hydrogen-bond acceptors (Lipinski definition) is 3. The number of aromatic nitrogens is 1. The van der Waals surface area contributed by atoms with E-state index in [0.29, 0.717) is 16.1 Å². The molecule has 26 heavy (non-hydrogen) atoms. The Morgan fingerprint density at radius 3 is 2.96 bits per heavy atom. The number of benzene rings is 1. The van der Waals surface area contributed by atoms with Crippen molar-refractivity contribution in [3.05, 3.63) is 63.7 Å². The number of carbonyl (C=O) groups excluding carboxylic acids is 1. The second-order valence-electron chi connectivity index (χ2n) is 7.25. The van der Waals surface area contributed by atoms with Crippen LogP contribution in [-0.4, -0.2) is 23.0 Å². The molecular weight excluding hydrogens is 355 g/mol. The number of pyridine rings is 1. The van der Waals surface area contributed by atoms with Crippen LogP contribution in [0.5, 0.6) is 0 Å². The maximum absolute atomic E-state index is 13.3. The van der Waals surface area contributed by atoms with Gasteiger partial charge in [-0.1, -0.05) is 11.6 Å². The molecule has 1 aromatic heterocycles. The van der Waals surface area contributed by atoms with Crippen molar-refractivity contribution < 1.29 is 13.9 Å². The fourth-order valence-electron chi connectivity index (χ4n) is 3.04. The van der Waals surface area contributed by atoms with Crippen LogP contribution in [0.1, 0.15) is 47.4 Å². The molecule has 0 atom stereocenters. The zero-order valence-corrected chi connectivity index (χ0v) is 15.7. The third-order valence-electron chi connectivity index (χ3n) is 4.36. The zero-order chi connectivity index (χ0) is 18.7. The quantitative estimate of drug-likeness (QED) is 0.826. The van der Waals surface area contributed by atoms with Crippen LogP contribution < -0.4 is 5.32 Å². The van der Waals surface area contributed by atoms with E-state index in [9.17, 15) is 9.18 Å². The molecule has 0 radical (unpaired) electrons. The number of amides is 1. The molecule has 1 aliphatic carbocycles. The Morgan fingerprint density at radius 2 is 2.15 bits per heavy atom. The lowest BCUT2D eigenvalue weighted by molar-refractivity contribution is 0.0616. The Morgan fingerprint density at radius 1 is 1.35 bits per heavy atom. The Labute approximate surface area is 157 Å². The van der Waals surface area contributed by atoms with Crippen molar-refractivity contribution in [2.45, 2.75) is 45.3 Å². The van der Waals surface area contributed by atoms with Crippen LogP contribution in [0.25, 0.3) is 0 Å². The molecule has 3 rings (SSSR count). The van der Waals surface area contributed by atoms with Gasteiger partial charge in [0.15, 0.2) is 0 Å². The summed E-state index contributed by atoms with van der Waals surface area (Å²) in [5, 5.41) is 3.42. The molecule has 1 aliphatic rings. The molecule has 1 amide bonds. The Kier molecular flexibility index (Phi) is 5.58. The van der Waals surface area contributed by atoms with Crippen molar-refractivity contribution in [2.75, 3.05) is 6.61 Å². The maximum Gasteiger partial charge on any atom is 0.253 e. The van der Waals surface area contributed by atoms with Gasteiger partial charge in [-0.15, -0.1) is 0 Å². The fourth-order valence-corrected chi connectivity index (χ4v) is 3.21. The van der Waals surface area contributed by atoms with Gasteiger partial charge in [-0.2, -0.15) is 0 Å². The highest BCUT2D eigenvalue weighted by Crippen LogP contribution is 2.21. The third kappa shape index (κ3) is 4.59. The van der Waals surface area contributed by atoms with Crippen LogP contribution in [0.4, 0.5) is 4.39 Å². The van der Waals surface area contributed by atoms with Gasteiger partial charge < -0.3 is 10.1 Å². The molecule has 0 unspecified atom stereocenters. The topological polar surface area (TPSA) is 51.2 Å². The highest BCUT2D eigenvalue weighted by Gasteiger charge is 2.23. The molecular formula is C20H22ClFN2O2. The number of ether oxygens (including phenoxy) is 1. The largest absolute Gasteiger partial charge is 0.374 e. The predicted molar refractivity (Wildman–Crippen MR) is 98.9 cm³/mol. The lowest BCUT2D eigenvalue weighted by Gasteiger charge is -2.26. The number of halogens is 2. The lowest BCUT2D eigenvalue weighted by atomic mass is 10.1. The van der Waals surface area contributed by atoms with Crippen LogP contribution >= 0.6 is 11.6 Å². The van der Waals surface area contributed by atoms with Gasteiger partial charge in [0.1, 0.15) is 5.82 Å². The molecule has 2 aromatic rings. The number of carbonyl (C=O) groups is 1. The normalized spacial score (nSPS) is 13.5. The average Bonchev–Trinajstić information content (AvgIpc) is 3.05. The van der Waals surface area contributed by atoms with Gasteiger partial charge in [0, 0.05) is 16.9 Å². The van der Waals surface area contributed by atoms with Crippen molar-refractivity contribution in [2.24, 2.45) is 0 Å². The molecule has 0 saturated heterocycles. The summed E-state index contributed by atoms with van der Waals surface area (Å²) in [5.74, 6) is -0.533. The lowest BCUT2D eigenvalue weighted by Crippen LogP contribution is -2.47.